The maximum atomic E-state index is 13.3. The molecule has 3 heteroatoms. The molecule has 0 aliphatic heterocycles. The number of hydrogen-bond acceptors (Lipinski definition) is 1. The molecule has 4 aromatic rings. The predicted octanol–water partition coefficient (Wildman–Crippen LogP) is 6.76. The maximum Gasteiger partial charge on any atom is 0.138 e. The number of halogens is 1. The monoisotopic (exact) mass is 358 g/mol. The molecule has 0 saturated carbocycles. The molecule has 27 heavy (non-hydrogen) atoms. The number of unbranched alkanes of at least 4 members (excludes halogenated alkanes) is 2. The van der Waals surface area contributed by atoms with Crippen LogP contribution in [0, 0.1) is 5.82 Å². The summed E-state index contributed by atoms with van der Waals surface area (Å²) >= 11 is 0. The Morgan fingerprint density at radius 1 is 0.963 bits per heavy atom. The summed E-state index contributed by atoms with van der Waals surface area (Å²) in [6.07, 6.45) is 10.7. The summed E-state index contributed by atoms with van der Waals surface area (Å²) in [7, 11) is 0. The fraction of sp³-hybridized carbons (Fsp3) is 0.208. The molecular formula is C24H23FN2. The Morgan fingerprint density at radius 3 is 2.63 bits per heavy atom. The van der Waals surface area contributed by atoms with Gasteiger partial charge < -0.3 is 4.98 Å². The summed E-state index contributed by atoms with van der Waals surface area (Å²) < 4.78 is 13.3. The molecule has 1 N–H and O–H groups in total. The number of nitrogens with zero attached hydrogens (tertiary/aromatic N) is 1. The van der Waals surface area contributed by atoms with Crippen LogP contribution in [0.4, 0.5) is 4.39 Å². The highest BCUT2D eigenvalue weighted by molar-refractivity contribution is 6.06. The van der Waals surface area contributed by atoms with Crippen molar-refractivity contribution in [3.8, 4) is 0 Å². The van der Waals surface area contributed by atoms with Gasteiger partial charge in [0, 0.05) is 22.5 Å². The van der Waals surface area contributed by atoms with E-state index in [0.29, 0.717) is 0 Å². The molecule has 0 atom stereocenters. The van der Waals surface area contributed by atoms with Crippen molar-refractivity contribution in [2.75, 3.05) is 0 Å². The van der Waals surface area contributed by atoms with Gasteiger partial charge in [0.05, 0.1) is 0 Å². The minimum atomic E-state index is -0.217. The number of pyridine rings is 1. The minimum Gasteiger partial charge on any atom is -0.339 e. The molecule has 2 nitrogen and oxygen atoms in total. The first-order valence-corrected chi connectivity index (χ1v) is 9.57. The topological polar surface area (TPSA) is 28.7 Å². The van der Waals surface area contributed by atoms with Gasteiger partial charge in [-0.3, -0.25) is 0 Å². The fourth-order valence-corrected chi connectivity index (χ4v) is 3.46. The van der Waals surface area contributed by atoms with Crippen molar-refractivity contribution in [1.29, 1.82) is 0 Å². The van der Waals surface area contributed by atoms with Gasteiger partial charge in [0.15, 0.2) is 0 Å². The van der Waals surface area contributed by atoms with Gasteiger partial charge >= 0.3 is 0 Å². The molecule has 0 unspecified atom stereocenters. The molecule has 2 heterocycles. The van der Waals surface area contributed by atoms with Gasteiger partial charge in [-0.05, 0) is 59.9 Å². The standard InChI is InChI=1S/C24H23FN2/c1-2-3-4-6-19-15-22-21-14-18(10-9-17-7-5-8-20(25)13-17)11-12-23(21)27-24(22)26-16-19/h5,7-16H,2-4,6H2,1H3,(H,26,27). The summed E-state index contributed by atoms with van der Waals surface area (Å²) in [6, 6.07) is 15.2. The lowest BCUT2D eigenvalue weighted by Gasteiger charge is -2.01. The summed E-state index contributed by atoms with van der Waals surface area (Å²) in [5.41, 5.74) is 5.25. The second kappa shape index (κ2) is 7.75. The average Bonchev–Trinajstić information content (AvgIpc) is 3.04. The molecule has 0 amide bonds. The number of aromatic amines is 1. The van der Waals surface area contributed by atoms with Gasteiger partial charge in [-0.1, -0.05) is 50.1 Å². The molecule has 0 aliphatic rings. The summed E-state index contributed by atoms with van der Waals surface area (Å²) in [6.45, 7) is 2.22. The first-order chi connectivity index (χ1) is 13.2. The molecule has 0 saturated heterocycles. The van der Waals surface area contributed by atoms with Crippen LogP contribution in [0.5, 0.6) is 0 Å². The van der Waals surface area contributed by atoms with E-state index in [0.717, 1.165) is 28.7 Å². The highest BCUT2D eigenvalue weighted by Crippen LogP contribution is 2.27. The number of aryl methyl sites for hydroxylation is 1. The first kappa shape index (κ1) is 17.5. The lowest BCUT2D eigenvalue weighted by atomic mass is 10.1. The lowest BCUT2D eigenvalue weighted by Crippen LogP contribution is -1.87. The lowest BCUT2D eigenvalue weighted by molar-refractivity contribution is 0.627. The van der Waals surface area contributed by atoms with Crippen molar-refractivity contribution in [1.82, 2.24) is 9.97 Å². The number of rotatable bonds is 6. The highest BCUT2D eigenvalue weighted by atomic mass is 19.1. The first-order valence-electron chi connectivity index (χ1n) is 9.57. The highest BCUT2D eigenvalue weighted by Gasteiger charge is 2.07. The van der Waals surface area contributed by atoms with Gasteiger partial charge in [-0.25, -0.2) is 9.37 Å². The average molecular weight is 358 g/mol. The van der Waals surface area contributed by atoms with E-state index in [2.05, 4.69) is 41.2 Å². The second-order valence-electron chi connectivity index (χ2n) is 7.02. The molecule has 2 aromatic heterocycles. The van der Waals surface area contributed by atoms with E-state index in [1.807, 2.05) is 24.4 Å². The van der Waals surface area contributed by atoms with Gasteiger partial charge in [-0.2, -0.15) is 0 Å². The number of hydrogen-bond donors (Lipinski definition) is 1. The minimum absolute atomic E-state index is 0.217. The molecule has 0 radical (unpaired) electrons. The molecule has 136 valence electrons. The van der Waals surface area contributed by atoms with Crippen molar-refractivity contribution in [3.05, 3.63) is 77.2 Å². The largest absolute Gasteiger partial charge is 0.339 e. The third-order valence-electron chi connectivity index (χ3n) is 4.92. The van der Waals surface area contributed by atoms with Crippen molar-refractivity contribution >= 4 is 34.1 Å². The Morgan fingerprint density at radius 2 is 1.81 bits per heavy atom. The van der Waals surface area contributed by atoms with Crippen molar-refractivity contribution in [2.24, 2.45) is 0 Å². The third kappa shape index (κ3) is 3.92. The van der Waals surface area contributed by atoms with Crippen LogP contribution < -0.4 is 0 Å². The van der Waals surface area contributed by atoms with Crippen LogP contribution in [0.1, 0.15) is 42.9 Å². The Balaban J connectivity index is 1.67. The van der Waals surface area contributed by atoms with Crippen molar-refractivity contribution < 1.29 is 4.39 Å². The van der Waals surface area contributed by atoms with E-state index >= 15 is 0 Å². The van der Waals surface area contributed by atoms with E-state index in [1.165, 1.54) is 47.7 Å². The number of nitrogens with one attached hydrogen (secondary N) is 1. The molecule has 0 spiro atoms. The Hall–Kier alpha value is -2.94. The number of benzene rings is 2. The molecule has 2 aromatic carbocycles. The fourth-order valence-electron chi connectivity index (χ4n) is 3.46. The van der Waals surface area contributed by atoms with Crippen LogP contribution in [-0.4, -0.2) is 9.97 Å². The van der Waals surface area contributed by atoms with E-state index in [-0.39, 0.29) is 5.82 Å². The maximum absolute atomic E-state index is 13.3. The van der Waals surface area contributed by atoms with Crippen LogP contribution in [0.3, 0.4) is 0 Å². The van der Waals surface area contributed by atoms with Gasteiger partial charge in [-0.15, -0.1) is 0 Å². The number of aromatic nitrogens is 2. The van der Waals surface area contributed by atoms with E-state index < -0.39 is 0 Å². The Kier molecular flexibility index (Phi) is 5.01. The zero-order valence-corrected chi connectivity index (χ0v) is 15.5. The molecule has 0 fully saturated rings. The van der Waals surface area contributed by atoms with E-state index in [9.17, 15) is 4.39 Å². The summed E-state index contributed by atoms with van der Waals surface area (Å²) in [5.74, 6) is -0.217. The predicted molar refractivity (Wildman–Crippen MR) is 112 cm³/mol. The van der Waals surface area contributed by atoms with Gasteiger partial charge in [0.2, 0.25) is 0 Å². The molecular weight excluding hydrogens is 335 g/mol. The number of H-pyrrole nitrogens is 1. The zero-order chi connectivity index (χ0) is 18.6. The second-order valence-corrected chi connectivity index (χ2v) is 7.02. The number of fused-ring (bicyclic) bond motifs is 3. The third-order valence-corrected chi connectivity index (χ3v) is 4.92. The summed E-state index contributed by atoms with van der Waals surface area (Å²) in [4.78, 5) is 8.01. The van der Waals surface area contributed by atoms with Crippen LogP contribution in [0.25, 0.3) is 34.1 Å². The molecule has 4 rings (SSSR count). The summed E-state index contributed by atoms with van der Waals surface area (Å²) in [5, 5.41) is 2.34. The molecule has 0 aliphatic carbocycles. The zero-order valence-electron chi connectivity index (χ0n) is 15.5. The Bertz CT molecular complexity index is 1110. The van der Waals surface area contributed by atoms with Crippen LogP contribution >= 0.6 is 0 Å². The SMILES string of the molecule is CCCCCc1cnc2[nH]c3ccc(C=Cc4cccc(F)c4)cc3c2c1. The van der Waals surface area contributed by atoms with Crippen molar-refractivity contribution in [2.45, 2.75) is 32.6 Å². The van der Waals surface area contributed by atoms with E-state index in [1.54, 1.807) is 6.07 Å². The van der Waals surface area contributed by atoms with Crippen LogP contribution in [0.15, 0.2) is 54.7 Å². The van der Waals surface area contributed by atoms with E-state index in [4.69, 9.17) is 0 Å². The Labute approximate surface area is 158 Å². The quantitative estimate of drug-likeness (QED) is 0.299. The van der Waals surface area contributed by atoms with Crippen LogP contribution in [-0.2, 0) is 6.42 Å². The van der Waals surface area contributed by atoms with Gasteiger partial charge in [0.1, 0.15) is 11.5 Å². The molecule has 0 bridgehead atoms. The van der Waals surface area contributed by atoms with Gasteiger partial charge in [0.25, 0.3) is 0 Å². The smallest absolute Gasteiger partial charge is 0.138 e. The van der Waals surface area contributed by atoms with Crippen molar-refractivity contribution in [3.63, 3.8) is 0 Å². The van der Waals surface area contributed by atoms with Crippen LogP contribution in [0.2, 0.25) is 0 Å². The normalized spacial score (nSPS) is 11.8.